The fraction of sp³-hybridized carbons (Fsp3) is 0.462. The standard InChI is InChI=1S/C13H18Cl2N2O2/c1-8(16-3)7-17-13(18)9(2)19-12-5-10(14)4-11(15)6-12/h4-6,8-9,16H,7H2,1-3H3,(H,17,18). The van der Waals surface area contributed by atoms with Crippen LogP contribution in [0, 0.1) is 0 Å². The largest absolute Gasteiger partial charge is 0.481 e. The van der Waals surface area contributed by atoms with Gasteiger partial charge in [0.05, 0.1) is 0 Å². The molecule has 0 saturated carbocycles. The number of benzene rings is 1. The van der Waals surface area contributed by atoms with Crippen LogP contribution in [0.4, 0.5) is 0 Å². The minimum absolute atomic E-state index is 0.182. The average molecular weight is 305 g/mol. The lowest BCUT2D eigenvalue weighted by molar-refractivity contribution is -0.127. The van der Waals surface area contributed by atoms with Crippen molar-refractivity contribution in [3.63, 3.8) is 0 Å². The van der Waals surface area contributed by atoms with Gasteiger partial charge in [-0.2, -0.15) is 0 Å². The van der Waals surface area contributed by atoms with Crippen LogP contribution in [0.25, 0.3) is 0 Å². The molecule has 6 heteroatoms. The summed E-state index contributed by atoms with van der Waals surface area (Å²) in [5, 5.41) is 6.77. The van der Waals surface area contributed by atoms with Crippen molar-refractivity contribution < 1.29 is 9.53 Å². The van der Waals surface area contributed by atoms with Crippen molar-refractivity contribution in [3.05, 3.63) is 28.2 Å². The van der Waals surface area contributed by atoms with Crippen LogP contribution in [-0.2, 0) is 4.79 Å². The molecular formula is C13H18Cl2N2O2. The third-order valence-corrected chi connectivity index (χ3v) is 3.03. The normalized spacial score (nSPS) is 13.7. The lowest BCUT2D eigenvalue weighted by Gasteiger charge is -2.17. The van der Waals surface area contributed by atoms with E-state index in [9.17, 15) is 4.79 Å². The Morgan fingerprint density at radius 2 is 1.84 bits per heavy atom. The topological polar surface area (TPSA) is 50.4 Å². The number of ether oxygens (including phenoxy) is 1. The molecule has 0 aromatic heterocycles. The third-order valence-electron chi connectivity index (χ3n) is 2.59. The molecule has 2 atom stereocenters. The molecule has 1 aromatic rings. The fourth-order valence-electron chi connectivity index (χ4n) is 1.35. The van der Waals surface area contributed by atoms with E-state index in [1.165, 1.54) is 0 Å². The van der Waals surface area contributed by atoms with Crippen LogP contribution in [0.3, 0.4) is 0 Å². The zero-order valence-electron chi connectivity index (χ0n) is 11.2. The maximum atomic E-state index is 11.8. The van der Waals surface area contributed by atoms with Crippen LogP contribution in [0.1, 0.15) is 13.8 Å². The van der Waals surface area contributed by atoms with E-state index >= 15 is 0 Å². The zero-order valence-corrected chi connectivity index (χ0v) is 12.7. The molecule has 1 aromatic carbocycles. The highest BCUT2D eigenvalue weighted by molar-refractivity contribution is 6.34. The van der Waals surface area contributed by atoms with Crippen LogP contribution in [0.5, 0.6) is 5.75 Å². The van der Waals surface area contributed by atoms with Gasteiger partial charge in [-0.1, -0.05) is 23.2 Å². The molecule has 0 heterocycles. The molecule has 4 nitrogen and oxygen atoms in total. The Morgan fingerprint density at radius 3 is 2.37 bits per heavy atom. The van der Waals surface area contributed by atoms with Gasteiger partial charge in [0.1, 0.15) is 5.75 Å². The molecule has 0 spiro atoms. The van der Waals surface area contributed by atoms with E-state index in [-0.39, 0.29) is 11.9 Å². The number of hydrogen-bond donors (Lipinski definition) is 2. The first-order valence-corrected chi connectivity index (χ1v) is 6.75. The van der Waals surface area contributed by atoms with Crippen LogP contribution in [0.15, 0.2) is 18.2 Å². The molecule has 0 aliphatic heterocycles. The molecule has 0 aliphatic carbocycles. The maximum absolute atomic E-state index is 11.8. The van der Waals surface area contributed by atoms with Crippen molar-refractivity contribution in [1.82, 2.24) is 10.6 Å². The molecule has 106 valence electrons. The second-order valence-corrected chi connectivity index (χ2v) is 5.17. The summed E-state index contributed by atoms with van der Waals surface area (Å²) in [6.07, 6.45) is -0.612. The lowest BCUT2D eigenvalue weighted by Crippen LogP contribution is -2.42. The molecule has 1 amide bonds. The number of rotatable bonds is 6. The van der Waals surface area contributed by atoms with E-state index in [0.29, 0.717) is 22.3 Å². The van der Waals surface area contributed by atoms with Gasteiger partial charge < -0.3 is 15.4 Å². The molecule has 0 fully saturated rings. The van der Waals surface area contributed by atoms with Crippen molar-refractivity contribution >= 4 is 29.1 Å². The number of likely N-dealkylation sites (N-methyl/N-ethyl adjacent to an activating group) is 1. The smallest absolute Gasteiger partial charge is 0.260 e. The van der Waals surface area contributed by atoms with Gasteiger partial charge in [0, 0.05) is 22.6 Å². The summed E-state index contributed by atoms with van der Waals surface area (Å²) < 4.78 is 5.50. The van der Waals surface area contributed by atoms with E-state index in [1.54, 1.807) is 25.1 Å². The first-order valence-electron chi connectivity index (χ1n) is 6.00. The van der Waals surface area contributed by atoms with Crippen LogP contribution in [-0.4, -0.2) is 31.6 Å². The molecule has 19 heavy (non-hydrogen) atoms. The average Bonchev–Trinajstić information content (AvgIpc) is 2.33. The minimum Gasteiger partial charge on any atom is -0.481 e. The van der Waals surface area contributed by atoms with Gasteiger partial charge in [-0.25, -0.2) is 0 Å². The molecule has 2 unspecified atom stereocenters. The van der Waals surface area contributed by atoms with Crippen molar-refractivity contribution in [2.24, 2.45) is 0 Å². The number of hydrogen-bond acceptors (Lipinski definition) is 3. The second kappa shape index (κ2) is 7.58. The van der Waals surface area contributed by atoms with Crippen molar-refractivity contribution in [2.75, 3.05) is 13.6 Å². The quantitative estimate of drug-likeness (QED) is 0.849. The van der Waals surface area contributed by atoms with Gasteiger partial charge >= 0.3 is 0 Å². The van der Waals surface area contributed by atoms with Gasteiger partial charge in [-0.3, -0.25) is 4.79 Å². The van der Waals surface area contributed by atoms with Crippen molar-refractivity contribution in [1.29, 1.82) is 0 Å². The Bertz CT molecular complexity index is 420. The Balaban J connectivity index is 2.53. The van der Waals surface area contributed by atoms with E-state index in [2.05, 4.69) is 10.6 Å². The summed E-state index contributed by atoms with van der Waals surface area (Å²) in [4.78, 5) is 11.8. The summed E-state index contributed by atoms with van der Waals surface area (Å²) in [6, 6.07) is 5.05. The second-order valence-electron chi connectivity index (χ2n) is 4.30. The van der Waals surface area contributed by atoms with Crippen LogP contribution >= 0.6 is 23.2 Å². The monoisotopic (exact) mass is 304 g/mol. The highest BCUT2D eigenvalue weighted by Gasteiger charge is 2.15. The van der Waals surface area contributed by atoms with Crippen molar-refractivity contribution in [2.45, 2.75) is 26.0 Å². The SMILES string of the molecule is CNC(C)CNC(=O)C(C)Oc1cc(Cl)cc(Cl)c1. The number of carbonyl (C=O) groups is 1. The maximum Gasteiger partial charge on any atom is 0.260 e. The van der Waals surface area contributed by atoms with E-state index in [0.717, 1.165) is 0 Å². The number of amides is 1. The summed E-state index contributed by atoms with van der Waals surface area (Å²) in [6.45, 7) is 4.19. The van der Waals surface area contributed by atoms with Gasteiger partial charge in [0.25, 0.3) is 5.91 Å². The van der Waals surface area contributed by atoms with Crippen LogP contribution < -0.4 is 15.4 Å². The Hall–Kier alpha value is -0.970. The van der Waals surface area contributed by atoms with Gasteiger partial charge in [0.2, 0.25) is 0 Å². The zero-order chi connectivity index (χ0) is 14.4. The molecule has 0 saturated heterocycles. The number of halogens is 2. The van der Waals surface area contributed by atoms with Gasteiger partial charge in [0.15, 0.2) is 6.10 Å². The first kappa shape index (κ1) is 16.1. The minimum atomic E-state index is -0.612. The molecule has 0 bridgehead atoms. The van der Waals surface area contributed by atoms with Gasteiger partial charge in [-0.05, 0) is 39.1 Å². The molecule has 0 aliphatic rings. The number of nitrogens with one attached hydrogen (secondary N) is 2. The molecule has 2 N–H and O–H groups in total. The first-order chi connectivity index (χ1) is 8.92. The Morgan fingerprint density at radius 1 is 1.26 bits per heavy atom. The lowest BCUT2D eigenvalue weighted by atomic mass is 10.3. The van der Waals surface area contributed by atoms with E-state index in [1.807, 2.05) is 14.0 Å². The van der Waals surface area contributed by atoms with Gasteiger partial charge in [-0.15, -0.1) is 0 Å². The summed E-state index contributed by atoms with van der Waals surface area (Å²) in [5.74, 6) is 0.292. The Labute approximate surface area is 123 Å². The molecule has 1 rings (SSSR count). The summed E-state index contributed by atoms with van der Waals surface area (Å²) in [5.41, 5.74) is 0. The summed E-state index contributed by atoms with van der Waals surface area (Å²) >= 11 is 11.7. The predicted molar refractivity (Wildman–Crippen MR) is 78.1 cm³/mol. The Kier molecular flexibility index (Phi) is 6.42. The highest BCUT2D eigenvalue weighted by atomic mass is 35.5. The summed E-state index contributed by atoms with van der Waals surface area (Å²) in [7, 11) is 1.84. The molecule has 0 radical (unpaired) electrons. The van der Waals surface area contributed by atoms with E-state index < -0.39 is 6.10 Å². The molecular weight excluding hydrogens is 287 g/mol. The van der Waals surface area contributed by atoms with Crippen molar-refractivity contribution in [3.8, 4) is 5.75 Å². The predicted octanol–water partition coefficient (Wildman–Crippen LogP) is 2.48. The van der Waals surface area contributed by atoms with E-state index in [4.69, 9.17) is 27.9 Å². The highest BCUT2D eigenvalue weighted by Crippen LogP contribution is 2.24. The third kappa shape index (κ3) is 5.68. The van der Waals surface area contributed by atoms with Crippen LogP contribution in [0.2, 0.25) is 10.0 Å². The number of carbonyl (C=O) groups excluding carboxylic acids is 1. The fourth-order valence-corrected chi connectivity index (χ4v) is 1.86.